The normalized spacial score (nSPS) is 19.8. The lowest BCUT2D eigenvalue weighted by molar-refractivity contribution is -0.136. The molecule has 5 nitrogen and oxygen atoms in total. The van der Waals surface area contributed by atoms with Gasteiger partial charge in [0.25, 0.3) is 0 Å². The van der Waals surface area contributed by atoms with Crippen LogP contribution in [-0.2, 0) is 9.53 Å². The Hall–Kier alpha value is -1.75. The second kappa shape index (κ2) is 9.38. The van der Waals surface area contributed by atoms with Crippen LogP contribution in [0.25, 0.3) is 0 Å². The zero-order valence-corrected chi connectivity index (χ0v) is 18.5. The number of nitrogens with zero attached hydrogens (tertiary/aromatic N) is 1. The number of halogens is 1. The number of likely N-dealkylation sites (tertiary alicyclic amines) is 1. The second-order valence-corrected chi connectivity index (χ2v) is 9.82. The van der Waals surface area contributed by atoms with E-state index in [1.807, 2.05) is 49.9 Å². The minimum atomic E-state index is -0.384. The monoisotopic (exact) mass is 420 g/mol. The van der Waals surface area contributed by atoms with E-state index in [1.54, 1.807) is 0 Å². The molecule has 2 aliphatic rings. The maximum atomic E-state index is 13.5. The van der Waals surface area contributed by atoms with E-state index in [4.69, 9.17) is 16.3 Å². The molecule has 1 saturated carbocycles. The number of ether oxygens (including phenoxy) is 1. The molecule has 1 unspecified atom stereocenters. The van der Waals surface area contributed by atoms with Gasteiger partial charge >= 0.3 is 6.09 Å². The summed E-state index contributed by atoms with van der Waals surface area (Å²) in [6.45, 7) is 7.02. The number of carbonyl (C=O) groups is 2. The van der Waals surface area contributed by atoms with E-state index in [1.165, 1.54) is 12.8 Å². The Morgan fingerprint density at radius 2 is 1.79 bits per heavy atom. The highest BCUT2D eigenvalue weighted by Gasteiger charge is 2.36. The predicted molar refractivity (Wildman–Crippen MR) is 115 cm³/mol. The quantitative estimate of drug-likeness (QED) is 0.734. The summed E-state index contributed by atoms with van der Waals surface area (Å²) in [6.07, 6.45) is 5.39. The average Bonchev–Trinajstić information content (AvgIpc) is 3.15. The van der Waals surface area contributed by atoms with Crippen molar-refractivity contribution in [2.45, 2.75) is 76.9 Å². The van der Waals surface area contributed by atoms with Crippen molar-refractivity contribution < 1.29 is 14.3 Å². The molecule has 0 aromatic heterocycles. The Balaban J connectivity index is 1.62. The van der Waals surface area contributed by atoms with Crippen LogP contribution in [0.4, 0.5) is 4.79 Å². The van der Waals surface area contributed by atoms with Crippen LogP contribution < -0.4 is 5.32 Å². The fraction of sp³-hybridized carbons (Fsp3) is 0.652. The first-order valence-corrected chi connectivity index (χ1v) is 11.1. The summed E-state index contributed by atoms with van der Waals surface area (Å²) in [6, 6.07) is 7.75. The topological polar surface area (TPSA) is 58.6 Å². The number of amides is 2. The van der Waals surface area contributed by atoms with Crippen molar-refractivity contribution in [3.05, 3.63) is 34.9 Å². The first-order chi connectivity index (χ1) is 13.7. The lowest BCUT2D eigenvalue weighted by Crippen LogP contribution is -2.47. The van der Waals surface area contributed by atoms with Gasteiger partial charge in [0.05, 0.1) is 5.92 Å². The summed E-state index contributed by atoms with van der Waals surface area (Å²) >= 11 is 6.22. The fourth-order valence-electron chi connectivity index (χ4n) is 4.48. The van der Waals surface area contributed by atoms with Crippen molar-refractivity contribution in [3.8, 4) is 0 Å². The first kappa shape index (κ1) is 21.9. The molecule has 1 aromatic rings. The van der Waals surface area contributed by atoms with E-state index in [9.17, 15) is 9.59 Å². The average molecular weight is 421 g/mol. The molecule has 2 fully saturated rings. The zero-order valence-electron chi connectivity index (χ0n) is 17.7. The molecule has 3 rings (SSSR count). The predicted octanol–water partition coefficient (Wildman–Crippen LogP) is 5.13. The maximum Gasteiger partial charge on any atom is 0.407 e. The van der Waals surface area contributed by atoms with Gasteiger partial charge in [0.15, 0.2) is 0 Å². The molecule has 1 aromatic carbocycles. The van der Waals surface area contributed by atoms with Gasteiger partial charge in [-0.25, -0.2) is 4.79 Å². The van der Waals surface area contributed by atoms with Crippen LogP contribution >= 0.6 is 11.6 Å². The molecule has 1 aliphatic heterocycles. The number of hydrogen-bond donors (Lipinski definition) is 1. The van der Waals surface area contributed by atoms with E-state index >= 15 is 0 Å². The number of rotatable bonds is 4. The van der Waals surface area contributed by atoms with Crippen molar-refractivity contribution in [2.75, 3.05) is 13.1 Å². The van der Waals surface area contributed by atoms with E-state index in [0.717, 1.165) is 18.4 Å². The van der Waals surface area contributed by atoms with Gasteiger partial charge in [0, 0.05) is 36.5 Å². The smallest absolute Gasteiger partial charge is 0.407 e. The third kappa shape index (κ3) is 6.11. The molecule has 0 spiro atoms. The molecule has 2 amide bonds. The Kier molecular flexibility index (Phi) is 7.10. The summed E-state index contributed by atoms with van der Waals surface area (Å²) in [4.78, 5) is 27.4. The molecule has 1 heterocycles. The molecule has 1 atom stereocenters. The maximum absolute atomic E-state index is 13.5. The highest BCUT2D eigenvalue weighted by atomic mass is 35.5. The third-order valence-electron chi connectivity index (χ3n) is 5.85. The Labute approximate surface area is 179 Å². The summed E-state index contributed by atoms with van der Waals surface area (Å²) in [7, 11) is 0. The Morgan fingerprint density at radius 3 is 2.38 bits per heavy atom. The molecular weight excluding hydrogens is 388 g/mol. The third-order valence-corrected chi connectivity index (χ3v) is 6.08. The highest BCUT2D eigenvalue weighted by Crippen LogP contribution is 2.39. The summed E-state index contributed by atoms with van der Waals surface area (Å²) in [5.74, 6) is 0.446. The molecule has 1 N–H and O–H groups in total. The minimum absolute atomic E-state index is 0.127. The number of carbonyl (C=O) groups excluding carboxylic acids is 2. The number of benzene rings is 1. The van der Waals surface area contributed by atoms with Gasteiger partial charge < -0.3 is 15.0 Å². The van der Waals surface area contributed by atoms with Crippen LogP contribution in [0.5, 0.6) is 0 Å². The SMILES string of the molecule is CC(C)(C)NC(=O)OC1CCN(C(=O)C(c2cccc(Cl)c2)C2CCCC2)CC1. The van der Waals surface area contributed by atoms with E-state index in [-0.39, 0.29) is 29.6 Å². The van der Waals surface area contributed by atoms with Crippen molar-refractivity contribution in [1.82, 2.24) is 10.2 Å². The summed E-state index contributed by atoms with van der Waals surface area (Å²) in [5.41, 5.74) is 0.705. The van der Waals surface area contributed by atoms with Crippen LogP contribution in [0.1, 0.15) is 70.8 Å². The van der Waals surface area contributed by atoms with Crippen LogP contribution in [-0.4, -0.2) is 41.6 Å². The lowest BCUT2D eigenvalue weighted by atomic mass is 9.83. The summed E-state index contributed by atoms with van der Waals surface area (Å²) in [5, 5.41) is 3.50. The van der Waals surface area contributed by atoms with E-state index < -0.39 is 0 Å². The highest BCUT2D eigenvalue weighted by molar-refractivity contribution is 6.30. The number of alkyl carbamates (subject to hydrolysis) is 1. The van der Waals surface area contributed by atoms with Crippen LogP contribution in [0.2, 0.25) is 5.02 Å². The number of hydrogen-bond acceptors (Lipinski definition) is 3. The fourth-order valence-corrected chi connectivity index (χ4v) is 4.68. The largest absolute Gasteiger partial charge is 0.446 e. The Morgan fingerprint density at radius 1 is 1.14 bits per heavy atom. The van der Waals surface area contributed by atoms with Crippen molar-refractivity contribution in [3.63, 3.8) is 0 Å². The lowest BCUT2D eigenvalue weighted by Gasteiger charge is -2.36. The standard InChI is InChI=1S/C23H33ClN2O3/c1-23(2,3)25-22(28)29-19-11-13-26(14-12-19)21(27)20(16-7-4-5-8-16)17-9-6-10-18(24)15-17/h6,9-10,15-16,19-20H,4-5,7-8,11-14H2,1-3H3,(H,25,28). The molecule has 0 radical (unpaired) electrons. The van der Waals surface area contributed by atoms with E-state index in [2.05, 4.69) is 5.32 Å². The van der Waals surface area contributed by atoms with E-state index in [0.29, 0.717) is 36.9 Å². The van der Waals surface area contributed by atoms with Gasteiger partial charge in [0.1, 0.15) is 6.10 Å². The van der Waals surface area contributed by atoms with Gasteiger partial charge in [-0.15, -0.1) is 0 Å². The molecule has 160 valence electrons. The van der Waals surface area contributed by atoms with Crippen LogP contribution in [0, 0.1) is 5.92 Å². The molecule has 1 saturated heterocycles. The van der Waals surface area contributed by atoms with Gasteiger partial charge in [-0.05, 0) is 57.2 Å². The van der Waals surface area contributed by atoms with Crippen LogP contribution in [0.15, 0.2) is 24.3 Å². The van der Waals surface area contributed by atoms with Gasteiger partial charge in [-0.2, -0.15) is 0 Å². The van der Waals surface area contributed by atoms with Crippen molar-refractivity contribution in [2.24, 2.45) is 5.92 Å². The molecule has 1 aliphatic carbocycles. The number of piperidine rings is 1. The van der Waals surface area contributed by atoms with Gasteiger partial charge in [-0.1, -0.05) is 36.6 Å². The molecular formula is C23H33ClN2O3. The number of nitrogens with one attached hydrogen (secondary N) is 1. The first-order valence-electron chi connectivity index (χ1n) is 10.8. The Bertz CT molecular complexity index is 717. The molecule has 6 heteroatoms. The van der Waals surface area contributed by atoms with Crippen LogP contribution in [0.3, 0.4) is 0 Å². The van der Waals surface area contributed by atoms with Crippen molar-refractivity contribution >= 4 is 23.6 Å². The van der Waals surface area contributed by atoms with Crippen molar-refractivity contribution in [1.29, 1.82) is 0 Å². The second-order valence-electron chi connectivity index (χ2n) is 9.38. The zero-order chi connectivity index (χ0) is 21.0. The minimum Gasteiger partial charge on any atom is -0.446 e. The van der Waals surface area contributed by atoms with Gasteiger partial charge in [0.2, 0.25) is 5.91 Å². The molecule has 29 heavy (non-hydrogen) atoms. The van der Waals surface area contributed by atoms with Gasteiger partial charge in [-0.3, -0.25) is 4.79 Å². The molecule has 0 bridgehead atoms. The summed E-state index contributed by atoms with van der Waals surface area (Å²) < 4.78 is 5.55.